The van der Waals surface area contributed by atoms with Gasteiger partial charge in [0.15, 0.2) is 0 Å². The maximum Gasteiger partial charge on any atom is 0.222 e. The summed E-state index contributed by atoms with van der Waals surface area (Å²) in [4.78, 5) is 13.2. The summed E-state index contributed by atoms with van der Waals surface area (Å²) in [5.74, 6) is 0.165. The normalized spacial score (nSPS) is 12.6. The topological polar surface area (TPSA) is 55.6 Å². The zero-order chi connectivity index (χ0) is 11.0. The number of hydrogen-bond donors (Lipinski definition) is 1. The summed E-state index contributed by atoms with van der Waals surface area (Å²) in [5.41, 5.74) is 5.73. The van der Waals surface area contributed by atoms with E-state index in [0.717, 1.165) is 12.8 Å². The molecule has 0 radical (unpaired) electrons. The number of methoxy groups -OCH3 is 1. The van der Waals surface area contributed by atoms with Crippen LogP contribution in [0.15, 0.2) is 0 Å². The van der Waals surface area contributed by atoms with Gasteiger partial charge in [0.1, 0.15) is 0 Å². The highest BCUT2D eigenvalue weighted by atomic mass is 16.5. The van der Waals surface area contributed by atoms with Crippen LogP contribution in [0.5, 0.6) is 0 Å². The maximum absolute atomic E-state index is 11.5. The quantitative estimate of drug-likeness (QED) is 0.658. The molecule has 0 aromatic heterocycles. The summed E-state index contributed by atoms with van der Waals surface area (Å²) >= 11 is 0. The zero-order valence-electron chi connectivity index (χ0n) is 9.45. The van der Waals surface area contributed by atoms with E-state index in [-0.39, 0.29) is 11.9 Å². The minimum absolute atomic E-state index is 0.0874. The number of likely N-dealkylation sites (N-methyl/N-ethyl adjacent to an activating group) is 1. The number of unbranched alkanes of at least 4 members (excludes halogenated alkanes) is 1. The number of carbonyl (C=O) groups is 1. The number of rotatable bonds is 7. The van der Waals surface area contributed by atoms with Gasteiger partial charge in [-0.3, -0.25) is 4.79 Å². The Morgan fingerprint density at radius 2 is 2.21 bits per heavy atom. The van der Waals surface area contributed by atoms with Gasteiger partial charge in [-0.25, -0.2) is 0 Å². The largest absolute Gasteiger partial charge is 0.383 e. The van der Waals surface area contributed by atoms with Crippen LogP contribution < -0.4 is 5.73 Å². The van der Waals surface area contributed by atoms with E-state index in [1.54, 1.807) is 19.1 Å². The summed E-state index contributed by atoms with van der Waals surface area (Å²) in [6.45, 7) is 3.13. The van der Waals surface area contributed by atoms with Crippen LogP contribution in [0.4, 0.5) is 0 Å². The molecule has 0 saturated heterocycles. The number of nitrogens with zero attached hydrogens (tertiary/aromatic N) is 1. The van der Waals surface area contributed by atoms with Crippen LogP contribution in [-0.4, -0.2) is 44.2 Å². The van der Waals surface area contributed by atoms with E-state index >= 15 is 0 Å². The van der Waals surface area contributed by atoms with Crippen molar-refractivity contribution in [1.82, 2.24) is 4.90 Å². The molecule has 1 atom stereocenters. The highest BCUT2D eigenvalue weighted by Gasteiger charge is 2.11. The number of ether oxygens (including phenoxy) is 1. The van der Waals surface area contributed by atoms with Crippen molar-refractivity contribution in [2.75, 3.05) is 27.3 Å². The van der Waals surface area contributed by atoms with Crippen LogP contribution in [0.3, 0.4) is 0 Å². The number of hydrogen-bond acceptors (Lipinski definition) is 3. The van der Waals surface area contributed by atoms with Gasteiger partial charge >= 0.3 is 0 Å². The highest BCUT2D eigenvalue weighted by Crippen LogP contribution is 1.99. The van der Waals surface area contributed by atoms with Crippen molar-refractivity contribution in [1.29, 1.82) is 0 Å². The van der Waals surface area contributed by atoms with E-state index in [9.17, 15) is 4.79 Å². The van der Waals surface area contributed by atoms with E-state index in [4.69, 9.17) is 10.5 Å². The first-order chi connectivity index (χ1) is 6.61. The molecule has 1 amide bonds. The standard InChI is InChI=1S/C10H22N2O2/c1-4-5-6-10(13)12(2)7-9(11)8-14-3/h9H,4-8,11H2,1-3H3. The molecule has 4 heteroatoms. The lowest BCUT2D eigenvalue weighted by atomic mass is 10.2. The van der Waals surface area contributed by atoms with Crippen LogP contribution in [0.25, 0.3) is 0 Å². The van der Waals surface area contributed by atoms with E-state index in [1.807, 2.05) is 0 Å². The predicted octanol–water partition coefficient (Wildman–Crippen LogP) is 0.609. The second kappa shape index (κ2) is 7.76. The first kappa shape index (κ1) is 13.4. The van der Waals surface area contributed by atoms with Gasteiger partial charge in [-0.1, -0.05) is 13.3 Å². The second-order valence-corrected chi connectivity index (χ2v) is 3.59. The lowest BCUT2D eigenvalue weighted by Gasteiger charge is -2.21. The Morgan fingerprint density at radius 1 is 1.57 bits per heavy atom. The van der Waals surface area contributed by atoms with Crippen molar-refractivity contribution >= 4 is 5.91 Å². The SMILES string of the molecule is CCCCC(=O)N(C)CC(N)COC. The van der Waals surface area contributed by atoms with Crippen LogP contribution in [0, 0.1) is 0 Å². The van der Waals surface area contributed by atoms with Crippen LogP contribution in [0.1, 0.15) is 26.2 Å². The third-order valence-electron chi connectivity index (χ3n) is 2.06. The van der Waals surface area contributed by atoms with E-state index in [0.29, 0.717) is 19.6 Å². The molecule has 84 valence electrons. The molecule has 0 aliphatic heterocycles. The molecular weight excluding hydrogens is 180 g/mol. The molecule has 1 unspecified atom stereocenters. The first-order valence-electron chi connectivity index (χ1n) is 5.10. The van der Waals surface area contributed by atoms with Gasteiger partial charge < -0.3 is 15.4 Å². The van der Waals surface area contributed by atoms with Crippen molar-refractivity contribution in [3.8, 4) is 0 Å². The van der Waals surface area contributed by atoms with Gasteiger partial charge in [-0.2, -0.15) is 0 Å². The van der Waals surface area contributed by atoms with Gasteiger partial charge in [0.25, 0.3) is 0 Å². The first-order valence-corrected chi connectivity index (χ1v) is 5.10. The molecule has 0 aromatic rings. The van der Waals surface area contributed by atoms with Crippen molar-refractivity contribution in [3.63, 3.8) is 0 Å². The Labute approximate surface area is 86.4 Å². The third-order valence-corrected chi connectivity index (χ3v) is 2.06. The molecule has 0 rings (SSSR count). The average Bonchev–Trinajstić information content (AvgIpc) is 2.14. The predicted molar refractivity (Wildman–Crippen MR) is 57.0 cm³/mol. The van der Waals surface area contributed by atoms with Crippen molar-refractivity contribution in [3.05, 3.63) is 0 Å². The lowest BCUT2D eigenvalue weighted by Crippen LogP contribution is -2.41. The summed E-state index contributed by atoms with van der Waals surface area (Å²) in [6, 6.07) is -0.0874. The minimum atomic E-state index is -0.0874. The summed E-state index contributed by atoms with van der Waals surface area (Å²) in [5, 5.41) is 0. The Bertz CT molecular complexity index is 162. The summed E-state index contributed by atoms with van der Waals surface area (Å²) in [6.07, 6.45) is 2.61. The number of nitrogens with two attached hydrogens (primary N) is 1. The molecule has 0 saturated carbocycles. The molecule has 0 aromatic carbocycles. The molecule has 0 fully saturated rings. The van der Waals surface area contributed by atoms with Crippen molar-refractivity contribution in [2.45, 2.75) is 32.2 Å². The van der Waals surface area contributed by atoms with Gasteiger partial charge in [0.2, 0.25) is 5.91 Å². The molecule has 0 aliphatic carbocycles. The molecular formula is C10H22N2O2. The van der Waals surface area contributed by atoms with E-state index in [2.05, 4.69) is 6.92 Å². The molecule has 0 bridgehead atoms. The minimum Gasteiger partial charge on any atom is -0.383 e. The van der Waals surface area contributed by atoms with Gasteiger partial charge in [0.05, 0.1) is 6.61 Å². The van der Waals surface area contributed by atoms with Gasteiger partial charge in [-0.05, 0) is 6.42 Å². The maximum atomic E-state index is 11.5. The molecule has 0 heterocycles. The second-order valence-electron chi connectivity index (χ2n) is 3.59. The van der Waals surface area contributed by atoms with Gasteiger partial charge in [-0.15, -0.1) is 0 Å². The summed E-state index contributed by atoms with van der Waals surface area (Å²) in [7, 11) is 3.40. The molecule has 0 aliphatic rings. The van der Waals surface area contributed by atoms with Crippen LogP contribution >= 0.6 is 0 Å². The number of amides is 1. The van der Waals surface area contributed by atoms with Gasteiger partial charge in [0, 0.05) is 33.2 Å². The smallest absolute Gasteiger partial charge is 0.222 e. The number of carbonyl (C=O) groups excluding carboxylic acids is 1. The van der Waals surface area contributed by atoms with Crippen LogP contribution in [-0.2, 0) is 9.53 Å². The Balaban J connectivity index is 3.70. The Kier molecular flexibility index (Phi) is 7.42. The van der Waals surface area contributed by atoms with Crippen molar-refractivity contribution in [2.24, 2.45) is 5.73 Å². The zero-order valence-corrected chi connectivity index (χ0v) is 9.45. The molecule has 2 N–H and O–H groups in total. The molecule has 4 nitrogen and oxygen atoms in total. The van der Waals surface area contributed by atoms with Crippen molar-refractivity contribution < 1.29 is 9.53 Å². The lowest BCUT2D eigenvalue weighted by molar-refractivity contribution is -0.130. The van der Waals surface area contributed by atoms with Crippen LogP contribution in [0.2, 0.25) is 0 Å². The molecule has 14 heavy (non-hydrogen) atoms. The van der Waals surface area contributed by atoms with E-state index < -0.39 is 0 Å². The third kappa shape index (κ3) is 5.94. The fraction of sp³-hybridized carbons (Fsp3) is 0.900. The molecule has 0 spiro atoms. The Hall–Kier alpha value is -0.610. The fourth-order valence-electron chi connectivity index (χ4n) is 1.24. The monoisotopic (exact) mass is 202 g/mol. The summed E-state index contributed by atoms with van der Waals surface area (Å²) < 4.78 is 4.90. The Morgan fingerprint density at radius 3 is 2.71 bits per heavy atom. The highest BCUT2D eigenvalue weighted by molar-refractivity contribution is 5.75. The average molecular weight is 202 g/mol. The van der Waals surface area contributed by atoms with E-state index in [1.165, 1.54) is 0 Å². The fourth-order valence-corrected chi connectivity index (χ4v) is 1.24.